The van der Waals surface area contributed by atoms with E-state index in [0.29, 0.717) is 5.15 Å². The summed E-state index contributed by atoms with van der Waals surface area (Å²) in [5.74, 6) is 0. The molecule has 0 aliphatic heterocycles. The summed E-state index contributed by atoms with van der Waals surface area (Å²) >= 11 is 5.88. The van der Waals surface area contributed by atoms with E-state index >= 15 is 0 Å². The molecule has 2 aromatic rings. The van der Waals surface area contributed by atoms with Crippen LogP contribution < -0.4 is 0 Å². The van der Waals surface area contributed by atoms with Crippen LogP contribution in [0.5, 0.6) is 0 Å². The lowest BCUT2D eigenvalue weighted by Crippen LogP contribution is -1.84. The number of rotatable bonds is 1. The smallest absolute Gasteiger partial charge is 0.131 e. The minimum Gasteiger partial charge on any atom is -0.244 e. The van der Waals surface area contributed by atoms with Crippen molar-refractivity contribution in [3.63, 3.8) is 0 Å². The predicted octanol–water partition coefficient (Wildman–Crippen LogP) is 4.02. The van der Waals surface area contributed by atoms with Crippen LogP contribution in [0.15, 0.2) is 36.5 Å². The van der Waals surface area contributed by atoms with E-state index in [1.54, 1.807) is 6.20 Å². The Hall–Kier alpha value is -1.34. The molecular formula is C13H12ClN. The van der Waals surface area contributed by atoms with E-state index in [0.717, 1.165) is 11.1 Å². The first-order valence-electron chi connectivity index (χ1n) is 4.86. The van der Waals surface area contributed by atoms with E-state index in [2.05, 4.69) is 42.2 Å². The molecule has 0 fully saturated rings. The highest BCUT2D eigenvalue weighted by molar-refractivity contribution is 6.30. The van der Waals surface area contributed by atoms with Gasteiger partial charge in [0.25, 0.3) is 0 Å². The van der Waals surface area contributed by atoms with Crippen molar-refractivity contribution in [1.29, 1.82) is 0 Å². The number of hydrogen-bond acceptors (Lipinski definition) is 1. The highest BCUT2D eigenvalue weighted by Gasteiger charge is 2.01. The minimum absolute atomic E-state index is 0.575. The van der Waals surface area contributed by atoms with Gasteiger partial charge in [-0.05, 0) is 31.0 Å². The van der Waals surface area contributed by atoms with Crippen LogP contribution in [-0.2, 0) is 0 Å². The molecule has 76 valence electrons. The summed E-state index contributed by atoms with van der Waals surface area (Å²) in [4.78, 5) is 4.14. The molecular weight excluding hydrogens is 206 g/mol. The molecule has 0 amide bonds. The number of halogens is 1. The molecule has 0 N–H and O–H groups in total. The lowest BCUT2D eigenvalue weighted by Gasteiger charge is -2.04. The molecule has 0 saturated heterocycles. The second-order valence-electron chi connectivity index (χ2n) is 3.70. The molecule has 0 saturated carbocycles. The average Bonchev–Trinajstić information content (AvgIpc) is 2.23. The highest BCUT2D eigenvalue weighted by Crippen LogP contribution is 2.22. The second kappa shape index (κ2) is 4.03. The highest BCUT2D eigenvalue weighted by atomic mass is 35.5. The maximum absolute atomic E-state index is 5.88. The van der Waals surface area contributed by atoms with Gasteiger partial charge in [-0.1, -0.05) is 41.4 Å². The van der Waals surface area contributed by atoms with Gasteiger partial charge in [-0.3, -0.25) is 0 Å². The molecule has 15 heavy (non-hydrogen) atoms. The van der Waals surface area contributed by atoms with Gasteiger partial charge in [0.15, 0.2) is 0 Å². The van der Waals surface area contributed by atoms with Crippen LogP contribution in [0.25, 0.3) is 11.1 Å². The van der Waals surface area contributed by atoms with Crippen LogP contribution in [-0.4, -0.2) is 4.98 Å². The van der Waals surface area contributed by atoms with Crippen LogP contribution in [0.2, 0.25) is 5.15 Å². The van der Waals surface area contributed by atoms with Gasteiger partial charge in [-0.15, -0.1) is 0 Å². The molecule has 0 atom stereocenters. The Morgan fingerprint density at radius 1 is 1.00 bits per heavy atom. The standard InChI is InChI=1S/C13H12ClN/c1-9-3-5-11(6-4-9)12-7-10(2)13(14)15-8-12/h3-8H,1-2H3. The Labute approximate surface area is 94.7 Å². The van der Waals surface area contributed by atoms with Gasteiger partial charge in [0.1, 0.15) is 5.15 Å². The van der Waals surface area contributed by atoms with E-state index in [9.17, 15) is 0 Å². The fraction of sp³-hybridized carbons (Fsp3) is 0.154. The molecule has 1 heterocycles. The zero-order chi connectivity index (χ0) is 10.8. The maximum atomic E-state index is 5.88. The largest absolute Gasteiger partial charge is 0.244 e. The first-order chi connectivity index (χ1) is 7.16. The van der Waals surface area contributed by atoms with Crippen LogP contribution in [0.3, 0.4) is 0 Å². The zero-order valence-electron chi connectivity index (χ0n) is 8.79. The van der Waals surface area contributed by atoms with Crippen molar-refractivity contribution >= 4 is 11.6 Å². The average molecular weight is 218 g/mol. The molecule has 0 aliphatic carbocycles. The van der Waals surface area contributed by atoms with E-state index < -0.39 is 0 Å². The van der Waals surface area contributed by atoms with Crippen molar-refractivity contribution in [2.75, 3.05) is 0 Å². The van der Waals surface area contributed by atoms with Crippen molar-refractivity contribution < 1.29 is 0 Å². The Balaban J connectivity index is 2.45. The molecule has 2 heteroatoms. The first-order valence-corrected chi connectivity index (χ1v) is 5.24. The van der Waals surface area contributed by atoms with Gasteiger partial charge in [-0.25, -0.2) is 4.98 Å². The van der Waals surface area contributed by atoms with Crippen LogP contribution in [0, 0.1) is 13.8 Å². The Morgan fingerprint density at radius 3 is 2.27 bits per heavy atom. The molecule has 1 aromatic carbocycles. The van der Waals surface area contributed by atoms with Crippen LogP contribution >= 0.6 is 11.6 Å². The molecule has 0 spiro atoms. The van der Waals surface area contributed by atoms with Gasteiger partial charge in [-0.2, -0.15) is 0 Å². The fourth-order valence-electron chi connectivity index (χ4n) is 1.46. The van der Waals surface area contributed by atoms with Crippen molar-refractivity contribution in [3.05, 3.63) is 52.8 Å². The zero-order valence-corrected chi connectivity index (χ0v) is 9.55. The number of hydrogen-bond donors (Lipinski definition) is 0. The van der Waals surface area contributed by atoms with Crippen molar-refractivity contribution in [1.82, 2.24) is 4.98 Å². The summed E-state index contributed by atoms with van der Waals surface area (Å²) in [6.07, 6.45) is 1.81. The lowest BCUT2D eigenvalue weighted by atomic mass is 10.1. The lowest BCUT2D eigenvalue weighted by molar-refractivity contribution is 1.27. The minimum atomic E-state index is 0.575. The normalized spacial score (nSPS) is 10.3. The summed E-state index contributed by atoms with van der Waals surface area (Å²) in [5.41, 5.74) is 4.55. The van der Waals surface area contributed by atoms with E-state index in [4.69, 9.17) is 11.6 Å². The summed E-state index contributed by atoms with van der Waals surface area (Å²) < 4.78 is 0. The molecule has 0 radical (unpaired) electrons. The summed E-state index contributed by atoms with van der Waals surface area (Å²) in [7, 11) is 0. The van der Waals surface area contributed by atoms with Crippen LogP contribution in [0.1, 0.15) is 11.1 Å². The quantitative estimate of drug-likeness (QED) is 0.658. The Morgan fingerprint density at radius 2 is 1.67 bits per heavy atom. The van der Waals surface area contributed by atoms with Gasteiger partial charge in [0, 0.05) is 11.8 Å². The molecule has 0 aliphatic rings. The summed E-state index contributed by atoms with van der Waals surface area (Å²) in [5, 5.41) is 0.575. The van der Waals surface area contributed by atoms with Crippen molar-refractivity contribution in [2.45, 2.75) is 13.8 Å². The van der Waals surface area contributed by atoms with Crippen molar-refractivity contribution in [2.24, 2.45) is 0 Å². The number of benzene rings is 1. The molecule has 2 rings (SSSR count). The van der Waals surface area contributed by atoms with Crippen LogP contribution in [0.4, 0.5) is 0 Å². The SMILES string of the molecule is Cc1ccc(-c2cnc(Cl)c(C)c2)cc1. The van der Waals surface area contributed by atoms with E-state index in [1.807, 2.05) is 6.92 Å². The Bertz CT molecular complexity index is 474. The first kappa shape index (κ1) is 10.2. The van der Waals surface area contributed by atoms with E-state index in [1.165, 1.54) is 11.1 Å². The third kappa shape index (κ3) is 2.18. The van der Waals surface area contributed by atoms with Gasteiger partial charge < -0.3 is 0 Å². The number of pyridine rings is 1. The topological polar surface area (TPSA) is 12.9 Å². The molecule has 1 aromatic heterocycles. The Kier molecular flexibility index (Phi) is 2.74. The maximum Gasteiger partial charge on any atom is 0.131 e. The number of nitrogens with zero attached hydrogens (tertiary/aromatic N) is 1. The molecule has 0 unspecified atom stereocenters. The molecule has 0 bridgehead atoms. The van der Waals surface area contributed by atoms with Gasteiger partial charge in [0.2, 0.25) is 0 Å². The number of aryl methyl sites for hydroxylation is 2. The summed E-state index contributed by atoms with van der Waals surface area (Å²) in [6.45, 7) is 4.04. The number of aromatic nitrogens is 1. The van der Waals surface area contributed by atoms with Crippen molar-refractivity contribution in [3.8, 4) is 11.1 Å². The second-order valence-corrected chi connectivity index (χ2v) is 4.06. The van der Waals surface area contributed by atoms with Gasteiger partial charge in [0.05, 0.1) is 0 Å². The monoisotopic (exact) mass is 217 g/mol. The van der Waals surface area contributed by atoms with Gasteiger partial charge >= 0.3 is 0 Å². The third-order valence-electron chi connectivity index (χ3n) is 2.40. The third-order valence-corrected chi connectivity index (χ3v) is 2.79. The summed E-state index contributed by atoms with van der Waals surface area (Å²) in [6, 6.07) is 10.4. The predicted molar refractivity (Wildman–Crippen MR) is 64.2 cm³/mol. The van der Waals surface area contributed by atoms with E-state index in [-0.39, 0.29) is 0 Å². The molecule has 1 nitrogen and oxygen atoms in total. The fourth-order valence-corrected chi connectivity index (χ4v) is 1.57.